The van der Waals surface area contributed by atoms with Gasteiger partial charge in [-0.15, -0.1) is 12.4 Å². The van der Waals surface area contributed by atoms with Crippen LogP contribution in [0.2, 0.25) is 0 Å². The summed E-state index contributed by atoms with van der Waals surface area (Å²) in [6, 6.07) is 0.206. The van der Waals surface area contributed by atoms with Crippen molar-refractivity contribution in [3.63, 3.8) is 0 Å². The highest BCUT2D eigenvalue weighted by atomic mass is 35.5. The van der Waals surface area contributed by atoms with Gasteiger partial charge in [-0.25, -0.2) is 0 Å². The number of amides is 1. The molecule has 0 aromatic heterocycles. The van der Waals surface area contributed by atoms with Crippen molar-refractivity contribution in [2.45, 2.75) is 18.9 Å². The Morgan fingerprint density at radius 2 is 2.17 bits per heavy atom. The molecule has 2 heterocycles. The molecule has 0 spiro atoms. The largest absolute Gasteiger partial charge is 0.378 e. The van der Waals surface area contributed by atoms with E-state index in [1.165, 1.54) is 0 Å². The summed E-state index contributed by atoms with van der Waals surface area (Å²) in [6.07, 6.45) is 1.65. The van der Waals surface area contributed by atoms with Crippen LogP contribution >= 0.6 is 12.4 Å². The molecule has 2 saturated heterocycles. The van der Waals surface area contributed by atoms with Gasteiger partial charge in [0.05, 0.1) is 13.2 Å². The van der Waals surface area contributed by atoms with Gasteiger partial charge in [-0.2, -0.15) is 0 Å². The van der Waals surface area contributed by atoms with E-state index in [4.69, 9.17) is 4.74 Å². The van der Waals surface area contributed by atoms with E-state index in [1.54, 1.807) is 0 Å². The molecule has 1 atom stereocenters. The zero-order valence-corrected chi connectivity index (χ0v) is 11.9. The fourth-order valence-electron chi connectivity index (χ4n) is 2.39. The van der Waals surface area contributed by atoms with Crippen molar-refractivity contribution in [1.82, 2.24) is 15.1 Å². The first-order valence-corrected chi connectivity index (χ1v) is 6.53. The number of nitrogens with one attached hydrogen (secondary N) is 1. The average Bonchev–Trinajstić information content (AvgIpc) is 2.55. The Labute approximate surface area is 115 Å². The average molecular weight is 278 g/mol. The standard InChI is InChI=1S/C12H23N3O2.ClH/c1-14-4-2-5-15(7-6-14)12(16)9-11-10-17-8-3-13-11;/h11,13H,2-10H2,1H3;1H. The predicted octanol–water partition coefficient (Wildman–Crippen LogP) is -0.0492. The number of likely N-dealkylation sites (N-methyl/N-ethyl adjacent to an activating group) is 1. The summed E-state index contributed by atoms with van der Waals surface area (Å²) in [6.45, 7) is 6.13. The molecule has 0 aliphatic carbocycles. The fourth-order valence-corrected chi connectivity index (χ4v) is 2.39. The van der Waals surface area contributed by atoms with Crippen molar-refractivity contribution in [1.29, 1.82) is 0 Å². The van der Waals surface area contributed by atoms with E-state index in [0.29, 0.717) is 13.0 Å². The number of carbonyl (C=O) groups excluding carboxylic acids is 1. The van der Waals surface area contributed by atoms with Crippen LogP contribution in [-0.4, -0.2) is 74.7 Å². The van der Waals surface area contributed by atoms with Crippen LogP contribution < -0.4 is 5.32 Å². The lowest BCUT2D eigenvalue weighted by molar-refractivity contribution is -0.132. The number of ether oxygens (including phenoxy) is 1. The number of rotatable bonds is 2. The minimum atomic E-state index is 0. The zero-order valence-electron chi connectivity index (χ0n) is 11.1. The third kappa shape index (κ3) is 4.72. The lowest BCUT2D eigenvalue weighted by Gasteiger charge is -2.27. The Morgan fingerprint density at radius 1 is 1.33 bits per heavy atom. The normalized spacial score (nSPS) is 26.3. The van der Waals surface area contributed by atoms with Crippen LogP contribution in [0.1, 0.15) is 12.8 Å². The van der Waals surface area contributed by atoms with Gasteiger partial charge in [0.2, 0.25) is 5.91 Å². The number of halogens is 1. The summed E-state index contributed by atoms with van der Waals surface area (Å²) in [5, 5.41) is 3.33. The highest BCUT2D eigenvalue weighted by molar-refractivity contribution is 5.85. The van der Waals surface area contributed by atoms with Crippen LogP contribution in [0.3, 0.4) is 0 Å². The van der Waals surface area contributed by atoms with Crippen molar-refractivity contribution < 1.29 is 9.53 Å². The third-order valence-corrected chi connectivity index (χ3v) is 3.49. The maximum absolute atomic E-state index is 12.1. The third-order valence-electron chi connectivity index (χ3n) is 3.49. The number of nitrogens with zero attached hydrogens (tertiary/aromatic N) is 2. The number of morpholine rings is 1. The molecule has 1 amide bonds. The summed E-state index contributed by atoms with van der Waals surface area (Å²) in [4.78, 5) is 16.4. The first-order valence-electron chi connectivity index (χ1n) is 6.53. The number of hydrogen-bond acceptors (Lipinski definition) is 4. The summed E-state index contributed by atoms with van der Waals surface area (Å²) >= 11 is 0. The van der Waals surface area contributed by atoms with Gasteiger partial charge in [0.25, 0.3) is 0 Å². The molecule has 0 aromatic carbocycles. The second-order valence-corrected chi connectivity index (χ2v) is 4.97. The van der Waals surface area contributed by atoms with Gasteiger partial charge in [0.1, 0.15) is 0 Å². The Hall–Kier alpha value is -0.360. The van der Waals surface area contributed by atoms with E-state index >= 15 is 0 Å². The molecular formula is C12H24ClN3O2. The Kier molecular flexibility index (Phi) is 6.92. The molecule has 0 radical (unpaired) electrons. The summed E-state index contributed by atoms with van der Waals surface area (Å²) in [7, 11) is 2.12. The second kappa shape index (κ2) is 7.94. The molecule has 5 nitrogen and oxygen atoms in total. The van der Waals surface area contributed by atoms with E-state index < -0.39 is 0 Å². The molecule has 0 aromatic rings. The summed E-state index contributed by atoms with van der Waals surface area (Å²) in [5.74, 6) is 0.267. The smallest absolute Gasteiger partial charge is 0.224 e. The van der Waals surface area contributed by atoms with Crippen molar-refractivity contribution in [2.24, 2.45) is 0 Å². The van der Waals surface area contributed by atoms with Crippen LogP contribution in [0.15, 0.2) is 0 Å². The van der Waals surface area contributed by atoms with Crippen LogP contribution in [0.4, 0.5) is 0 Å². The van der Waals surface area contributed by atoms with Crippen LogP contribution in [0.25, 0.3) is 0 Å². The van der Waals surface area contributed by atoms with E-state index in [9.17, 15) is 4.79 Å². The molecule has 0 bridgehead atoms. The quantitative estimate of drug-likeness (QED) is 0.769. The molecule has 6 heteroatoms. The zero-order chi connectivity index (χ0) is 12.1. The fraction of sp³-hybridized carbons (Fsp3) is 0.917. The van der Waals surface area contributed by atoms with Gasteiger partial charge in [0.15, 0.2) is 0 Å². The van der Waals surface area contributed by atoms with Gasteiger partial charge < -0.3 is 19.9 Å². The highest BCUT2D eigenvalue weighted by Gasteiger charge is 2.22. The maximum atomic E-state index is 12.1. The van der Waals surface area contributed by atoms with Crippen molar-refractivity contribution in [3.8, 4) is 0 Å². The molecule has 2 rings (SSSR count). The maximum Gasteiger partial charge on any atom is 0.224 e. The predicted molar refractivity (Wildman–Crippen MR) is 73.2 cm³/mol. The lowest BCUT2D eigenvalue weighted by Crippen LogP contribution is -2.45. The van der Waals surface area contributed by atoms with E-state index in [2.05, 4.69) is 17.3 Å². The molecule has 2 aliphatic heterocycles. The Bertz CT molecular complexity index is 260. The molecule has 2 fully saturated rings. The van der Waals surface area contributed by atoms with Gasteiger partial charge in [-0.3, -0.25) is 4.79 Å². The second-order valence-electron chi connectivity index (χ2n) is 4.97. The minimum Gasteiger partial charge on any atom is -0.378 e. The molecule has 1 N–H and O–H groups in total. The van der Waals surface area contributed by atoms with E-state index in [0.717, 1.165) is 45.8 Å². The van der Waals surface area contributed by atoms with E-state index in [-0.39, 0.29) is 24.4 Å². The van der Waals surface area contributed by atoms with Gasteiger partial charge >= 0.3 is 0 Å². The summed E-state index contributed by atoms with van der Waals surface area (Å²) < 4.78 is 5.37. The molecule has 0 saturated carbocycles. The van der Waals surface area contributed by atoms with Crippen molar-refractivity contribution >= 4 is 18.3 Å². The van der Waals surface area contributed by atoms with E-state index in [1.807, 2.05) is 4.90 Å². The Morgan fingerprint density at radius 3 is 2.89 bits per heavy atom. The SMILES string of the molecule is CN1CCCN(C(=O)CC2COCCN2)CC1.Cl. The highest BCUT2D eigenvalue weighted by Crippen LogP contribution is 2.06. The minimum absolute atomic E-state index is 0. The lowest BCUT2D eigenvalue weighted by atomic mass is 10.1. The first kappa shape index (κ1) is 15.7. The topological polar surface area (TPSA) is 44.8 Å². The van der Waals surface area contributed by atoms with Gasteiger partial charge in [0, 0.05) is 38.6 Å². The number of hydrogen-bond donors (Lipinski definition) is 1. The molecule has 1 unspecified atom stereocenters. The van der Waals surface area contributed by atoms with Crippen LogP contribution in [-0.2, 0) is 9.53 Å². The summed E-state index contributed by atoms with van der Waals surface area (Å²) in [5.41, 5.74) is 0. The number of carbonyl (C=O) groups is 1. The molecular weight excluding hydrogens is 254 g/mol. The van der Waals surface area contributed by atoms with Crippen LogP contribution in [0.5, 0.6) is 0 Å². The van der Waals surface area contributed by atoms with Gasteiger partial charge in [-0.1, -0.05) is 0 Å². The Balaban J connectivity index is 0.00000162. The van der Waals surface area contributed by atoms with Crippen LogP contribution in [0, 0.1) is 0 Å². The van der Waals surface area contributed by atoms with Crippen molar-refractivity contribution in [3.05, 3.63) is 0 Å². The van der Waals surface area contributed by atoms with Gasteiger partial charge in [-0.05, 0) is 20.0 Å². The monoisotopic (exact) mass is 277 g/mol. The molecule has 2 aliphatic rings. The molecule has 18 heavy (non-hydrogen) atoms. The first-order chi connectivity index (χ1) is 8.25. The molecule has 106 valence electrons. The van der Waals surface area contributed by atoms with Crippen molar-refractivity contribution in [2.75, 3.05) is 53.0 Å².